The van der Waals surface area contributed by atoms with Gasteiger partial charge in [0.15, 0.2) is 9.84 Å². The molecule has 1 aliphatic heterocycles. The molecule has 1 N–H and O–H groups in total. The highest BCUT2D eigenvalue weighted by Crippen LogP contribution is 2.22. The molecule has 28 heavy (non-hydrogen) atoms. The maximum Gasteiger partial charge on any atom is 0.237 e. The smallest absolute Gasteiger partial charge is 0.237 e. The monoisotopic (exact) mass is 421 g/mol. The number of amides is 2. The van der Waals surface area contributed by atoms with Crippen molar-refractivity contribution < 1.29 is 18.0 Å². The van der Waals surface area contributed by atoms with Crippen molar-refractivity contribution in [3.05, 3.63) is 40.7 Å². The van der Waals surface area contributed by atoms with Crippen LogP contribution in [0.2, 0.25) is 0 Å². The van der Waals surface area contributed by atoms with Gasteiger partial charge in [-0.3, -0.25) is 9.59 Å². The molecule has 1 saturated heterocycles. The minimum Gasteiger partial charge on any atom is -0.349 e. The number of piperidine rings is 1. The van der Waals surface area contributed by atoms with Crippen LogP contribution < -0.4 is 5.32 Å². The second kappa shape index (κ2) is 8.83. The Balaban J connectivity index is 1.53. The lowest BCUT2D eigenvalue weighted by atomic mass is 9.97. The van der Waals surface area contributed by atoms with Gasteiger partial charge in [-0.1, -0.05) is 30.3 Å². The van der Waals surface area contributed by atoms with Gasteiger partial charge in [0.25, 0.3) is 0 Å². The highest BCUT2D eigenvalue weighted by atomic mass is 32.2. The number of nitrogens with one attached hydrogen (secondary N) is 1. The number of thiazole rings is 1. The van der Waals surface area contributed by atoms with Crippen molar-refractivity contribution in [1.29, 1.82) is 0 Å². The van der Waals surface area contributed by atoms with Crippen molar-refractivity contribution in [3.63, 3.8) is 0 Å². The molecular weight excluding hydrogens is 398 g/mol. The largest absolute Gasteiger partial charge is 0.349 e. The van der Waals surface area contributed by atoms with Crippen molar-refractivity contribution in [1.82, 2.24) is 15.2 Å². The van der Waals surface area contributed by atoms with Crippen LogP contribution in [0.3, 0.4) is 0 Å². The third kappa shape index (κ3) is 5.62. The summed E-state index contributed by atoms with van der Waals surface area (Å²) in [7, 11) is -3.38. The first-order valence-corrected chi connectivity index (χ1v) is 12.0. The van der Waals surface area contributed by atoms with Crippen molar-refractivity contribution in [3.8, 4) is 11.3 Å². The van der Waals surface area contributed by atoms with Gasteiger partial charge in [0.1, 0.15) is 10.8 Å². The van der Waals surface area contributed by atoms with E-state index in [0.29, 0.717) is 25.9 Å². The summed E-state index contributed by atoms with van der Waals surface area (Å²) in [5.41, 5.74) is 1.91. The van der Waals surface area contributed by atoms with Gasteiger partial charge in [-0.25, -0.2) is 13.4 Å². The average molecular weight is 422 g/mol. The molecule has 0 bridgehead atoms. The van der Waals surface area contributed by atoms with Crippen LogP contribution in [-0.2, 0) is 26.0 Å². The van der Waals surface area contributed by atoms with Crippen LogP contribution in [0.4, 0.5) is 0 Å². The number of likely N-dealkylation sites (tertiary alicyclic amines) is 1. The Kier molecular flexibility index (Phi) is 6.46. The van der Waals surface area contributed by atoms with Crippen LogP contribution in [0, 0.1) is 5.92 Å². The Morgan fingerprint density at radius 1 is 1.29 bits per heavy atom. The number of hydrogen-bond donors (Lipinski definition) is 1. The van der Waals surface area contributed by atoms with Crippen LogP contribution in [0.15, 0.2) is 35.7 Å². The van der Waals surface area contributed by atoms with Crippen LogP contribution in [0.1, 0.15) is 17.8 Å². The van der Waals surface area contributed by atoms with E-state index in [9.17, 15) is 18.0 Å². The minimum atomic E-state index is -3.38. The molecule has 1 aromatic heterocycles. The third-order valence-electron chi connectivity index (χ3n) is 4.57. The third-order valence-corrected chi connectivity index (χ3v) is 6.19. The highest BCUT2D eigenvalue weighted by Gasteiger charge is 2.29. The molecule has 2 amide bonds. The first kappa shape index (κ1) is 20.5. The fourth-order valence-corrected chi connectivity index (χ4v) is 4.55. The summed E-state index contributed by atoms with van der Waals surface area (Å²) >= 11 is 1.49. The molecule has 0 aliphatic carbocycles. The fraction of sp³-hybridized carbons (Fsp3) is 0.421. The molecule has 0 unspecified atom stereocenters. The SMILES string of the molecule is CS(=O)(=O)CC(=O)N1CCC[C@H](C(=O)NCc2nc(-c3ccccc3)cs2)C1. The van der Waals surface area contributed by atoms with E-state index in [1.807, 2.05) is 35.7 Å². The number of carbonyl (C=O) groups excluding carboxylic acids is 2. The molecular formula is C19H23N3O4S2. The molecule has 0 saturated carbocycles. The summed E-state index contributed by atoms with van der Waals surface area (Å²) in [5, 5.41) is 5.67. The predicted molar refractivity (Wildman–Crippen MR) is 108 cm³/mol. The zero-order valence-electron chi connectivity index (χ0n) is 15.6. The van der Waals surface area contributed by atoms with Gasteiger partial charge in [0, 0.05) is 30.3 Å². The Morgan fingerprint density at radius 3 is 2.75 bits per heavy atom. The molecule has 1 fully saturated rings. The molecule has 0 radical (unpaired) electrons. The topological polar surface area (TPSA) is 96.4 Å². The molecule has 1 atom stereocenters. The number of aromatic nitrogens is 1. The van der Waals surface area contributed by atoms with E-state index in [-0.39, 0.29) is 18.4 Å². The summed E-state index contributed by atoms with van der Waals surface area (Å²) in [6.07, 6.45) is 2.40. The summed E-state index contributed by atoms with van der Waals surface area (Å²) in [4.78, 5) is 30.6. The van der Waals surface area contributed by atoms with Gasteiger partial charge >= 0.3 is 0 Å². The maximum absolute atomic E-state index is 12.5. The lowest BCUT2D eigenvalue weighted by Gasteiger charge is -2.31. The number of carbonyl (C=O) groups is 2. The lowest BCUT2D eigenvalue weighted by molar-refractivity contribution is -0.133. The minimum absolute atomic E-state index is 0.131. The standard InChI is InChI=1S/C19H23N3O4S2/c1-28(25,26)13-18(23)22-9-5-8-15(11-22)19(24)20-10-17-21-16(12-27-17)14-6-3-2-4-7-14/h2-4,6-7,12,15H,5,8-11,13H2,1H3,(H,20,24)/t15-/m0/s1. The maximum atomic E-state index is 12.5. The number of rotatable bonds is 6. The summed E-state index contributed by atoms with van der Waals surface area (Å²) in [6.45, 7) is 1.09. The number of hydrogen-bond acceptors (Lipinski definition) is 6. The number of nitrogens with zero attached hydrogens (tertiary/aromatic N) is 2. The first-order chi connectivity index (χ1) is 13.3. The molecule has 7 nitrogen and oxygen atoms in total. The van der Waals surface area contributed by atoms with Crippen molar-refractivity contribution in [2.24, 2.45) is 5.92 Å². The highest BCUT2D eigenvalue weighted by molar-refractivity contribution is 7.91. The van der Waals surface area contributed by atoms with Crippen LogP contribution >= 0.6 is 11.3 Å². The molecule has 2 aromatic rings. The van der Waals surface area contributed by atoms with E-state index in [2.05, 4.69) is 10.3 Å². The predicted octanol–water partition coefficient (Wildman–Crippen LogP) is 1.71. The summed E-state index contributed by atoms with van der Waals surface area (Å²) in [6, 6.07) is 9.83. The van der Waals surface area contributed by atoms with Gasteiger partial charge < -0.3 is 10.2 Å². The molecule has 9 heteroatoms. The Morgan fingerprint density at radius 2 is 2.04 bits per heavy atom. The lowest BCUT2D eigenvalue weighted by Crippen LogP contribution is -2.46. The Labute approximate surface area is 168 Å². The van der Waals surface area contributed by atoms with E-state index in [1.54, 1.807) is 0 Å². The van der Waals surface area contributed by atoms with E-state index in [0.717, 1.165) is 22.5 Å². The molecule has 0 spiro atoms. The molecule has 3 rings (SSSR count). The van der Waals surface area contributed by atoms with Gasteiger partial charge in [-0.05, 0) is 12.8 Å². The second-order valence-corrected chi connectivity index (χ2v) is 10.0. The van der Waals surface area contributed by atoms with Gasteiger partial charge in [-0.15, -0.1) is 11.3 Å². The quantitative estimate of drug-likeness (QED) is 0.766. The summed E-state index contributed by atoms with van der Waals surface area (Å²) < 4.78 is 22.7. The van der Waals surface area contributed by atoms with E-state index >= 15 is 0 Å². The van der Waals surface area contributed by atoms with Gasteiger partial charge in [0.05, 0.1) is 18.2 Å². The molecule has 1 aliphatic rings. The number of sulfone groups is 1. The molecule has 150 valence electrons. The molecule has 1 aromatic carbocycles. The van der Waals surface area contributed by atoms with E-state index in [1.165, 1.54) is 16.2 Å². The Hall–Kier alpha value is -2.26. The van der Waals surface area contributed by atoms with Crippen molar-refractivity contribution >= 4 is 33.0 Å². The number of benzene rings is 1. The second-order valence-electron chi connectivity index (χ2n) is 6.96. The molecule has 2 heterocycles. The zero-order chi connectivity index (χ0) is 20.1. The van der Waals surface area contributed by atoms with Crippen molar-refractivity contribution in [2.45, 2.75) is 19.4 Å². The van der Waals surface area contributed by atoms with Crippen LogP contribution in [-0.4, -0.2) is 55.2 Å². The van der Waals surface area contributed by atoms with Crippen LogP contribution in [0.5, 0.6) is 0 Å². The fourth-order valence-electron chi connectivity index (χ4n) is 3.17. The average Bonchev–Trinajstić information content (AvgIpc) is 3.15. The summed E-state index contributed by atoms with van der Waals surface area (Å²) in [5.74, 6) is -1.41. The van der Waals surface area contributed by atoms with E-state index in [4.69, 9.17) is 0 Å². The van der Waals surface area contributed by atoms with E-state index < -0.39 is 21.5 Å². The normalized spacial score (nSPS) is 17.3. The van der Waals surface area contributed by atoms with Crippen LogP contribution in [0.25, 0.3) is 11.3 Å². The Bertz CT molecular complexity index is 941. The zero-order valence-corrected chi connectivity index (χ0v) is 17.3. The van der Waals surface area contributed by atoms with Crippen molar-refractivity contribution in [2.75, 3.05) is 25.1 Å². The first-order valence-electron chi connectivity index (χ1n) is 9.05. The van der Waals surface area contributed by atoms with Gasteiger partial charge in [0.2, 0.25) is 11.8 Å². The van der Waals surface area contributed by atoms with Gasteiger partial charge in [-0.2, -0.15) is 0 Å².